The predicted molar refractivity (Wildman–Crippen MR) is 88.9 cm³/mol. The first kappa shape index (κ1) is 18.0. The summed E-state index contributed by atoms with van der Waals surface area (Å²) in [5.74, 6) is -0.406. The standard InChI is InChI=1S/C19H17F3N2O2/c1-2-18(14-6-4-3-5-7-14)16(25)24(17(26)23-18)12-13-8-10-15(11-9-13)19(20,21)22/h3-11H,2,12H2,1H3,(H,23,26). The fraction of sp³-hybridized carbons (Fsp3) is 0.263. The van der Waals surface area contributed by atoms with Crippen LogP contribution in [-0.4, -0.2) is 16.8 Å². The van der Waals surface area contributed by atoms with Crippen LogP contribution in [-0.2, 0) is 23.1 Å². The second-order valence-corrected chi connectivity index (χ2v) is 6.14. The molecule has 136 valence electrons. The molecule has 4 nitrogen and oxygen atoms in total. The topological polar surface area (TPSA) is 49.4 Å². The zero-order valence-electron chi connectivity index (χ0n) is 14.0. The van der Waals surface area contributed by atoms with Gasteiger partial charge in [0.2, 0.25) is 0 Å². The van der Waals surface area contributed by atoms with Crippen LogP contribution in [0.5, 0.6) is 0 Å². The Hall–Kier alpha value is -2.83. The maximum absolute atomic E-state index is 13.0. The summed E-state index contributed by atoms with van der Waals surface area (Å²) in [6.07, 6.45) is -4.06. The first-order chi connectivity index (χ1) is 12.3. The van der Waals surface area contributed by atoms with Crippen molar-refractivity contribution >= 4 is 11.9 Å². The molecule has 3 rings (SSSR count). The van der Waals surface area contributed by atoms with Gasteiger partial charge in [0.1, 0.15) is 5.54 Å². The maximum Gasteiger partial charge on any atom is 0.416 e. The molecule has 2 aromatic carbocycles. The third-order valence-corrected chi connectivity index (χ3v) is 4.59. The van der Waals surface area contributed by atoms with Crippen molar-refractivity contribution < 1.29 is 22.8 Å². The number of amides is 3. The van der Waals surface area contributed by atoms with Crippen molar-refractivity contribution in [3.05, 3.63) is 71.3 Å². The van der Waals surface area contributed by atoms with Gasteiger partial charge in [-0.2, -0.15) is 13.2 Å². The van der Waals surface area contributed by atoms with Crippen molar-refractivity contribution in [1.82, 2.24) is 10.2 Å². The van der Waals surface area contributed by atoms with Gasteiger partial charge in [0.25, 0.3) is 5.91 Å². The van der Waals surface area contributed by atoms with Gasteiger partial charge in [0.05, 0.1) is 12.1 Å². The highest BCUT2D eigenvalue weighted by atomic mass is 19.4. The number of halogens is 3. The number of hydrogen-bond donors (Lipinski definition) is 1. The molecular weight excluding hydrogens is 345 g/mol. The number of benzene rings is 2. The summed E-state index contributed by atoms with van der Waals surface area (Å²) >= 11 is 0. The van der Waals surface area contributed by atoms with E-state index >= 15 is 0 Å². The number of hydrogen-bond acceptors (Lipinski definition) is 2. The largest absolute Gasteiger partial charge is 0.416 e. The molecule has 2 aromatic rings. The van der Waals surface area contributed by atoms with Gasteiger partial charge >= 0.3 is 12.2 Å². The van der Waals surface area contributed by atoms with Crippen molar-refractivity contribution in [3.63, 3.8) is 0 Å². The van der Waals surface area contributed by atoms with E-state index in [9.17, 15) is 22.8 Å². The highest BCUT2D eigenvalue weighted by Crippen LogP contribution is 2.33. The van der Waals surface area contributed by atoms with Crippen LogP contribution < -0.4 is 5.32 Å². The minimum absolute atomic E-state index is 0.0859. The van der Waals surface area contributed by atoms with E-state index in [2.05, 4.69) is 5.32 Å². The Kier molecular flexibility index (Phi) is 4.48. The quantitative estimate of drug-likeness (QED) is 0.834. The molecule has 1 aliphatic rings. The van der Waals surface area contributed by atoms with E-state index in [4.69, 9.17) is 0 Å². The molecule has 1 saturated heterocycles. The summed E-state index contributed by atoms with van der Waals surface area (Å²) in [5.41, 5.74) is -0.799. The van der Waals surface area contributed by atoms with Gasteiger partial charge in [-0.25, -0.2) is 4.79 Å². The summed E-state index contributed by atoms with van der Waals surface area (Å²) in [6.45, 7) is 1.71. The zero-order valence-corrected chi connectivity index (χ0v) is 14.0. The molecule has 1 heterocycles. The van der Waals surface area contributed by atoms with Crippen molar-refractivity contribution in [2.45, 2.75) is 31.6 Å². The Morgan fingerprint density at radius 3 is 2.15 bits per heavy atom. The Bertz CT molecular complexity index is 819. The normalized spacial score (nSPS) is 20.4. The molecule has 7 heteroatoms. The van der Waals surface area contributed by atoms with Crippen LogP contribution in [0.15, 0.2) is 54.6 Å². The highest BCUT2D eigenvalue weighted by molar-refractivity contribution is 6.07. The van der Waals surface area contributed by atoms with Crippen LogP contribution in [0.2, 0.25) is 0 Å². The number of nitrogens with one attached hydrogen (secondary N) is 1. The molecule has 3 amide bonds. The molecule has 1 unspecified atom stereocenters. The molecule has 0 aliphatic carbocycles. The van der Waals surface area contributed by atoms with Crippen LogP contribution in [0.1, 0.15) is 30.0 Å². The lowest BCUT2D eigenvalue weighted by molar-refractivity contribution is -0.137. The molecule has 0 bridgehead atoms. The molecule has 1 atom stereocenters. The zero-order chi connectivity index (χ0) is 18.9. The Morgan fingerprint density at radius 1 is 1.00 bits per heavy atom. The fourth-order valence-electron chi connectivity index (χ4n) is 3.11. The number of imide groups is 1. The molecule has 0 saturated carbocycles. The lowest BCUT2D eigenvalue weighted by Crippen LogP contribution is -2.43. The second kappa shape index (κ2) is 6.48. The fourth-order valence-corrected chi connectivity index (χ4v) is 3.11. The van der Waals surface area contributed by atoms with Crippen LogP contribution in [0, 0.1) is 0 Å². The number of rotatable bonds is 4. The average molecular weight is 362 g/mol. The molecule has 1 aliphatic heterocycles. The van der Waals surface area contributed by atoms with E-state index in [0.29, 0.717) is 17.5 Å². The lowest BCUT2D eigenvalue weighted by atomic mass is 9.87. The molecular formula is C19H17F3N2O2. The summed E-state index contributed by atoms with van der Waals surface area (Å²) in [6, 6.07) is 12.8. The predicted octanol–water partition coefficient (Wildman–Crippen LogP) is 4.06. The summed E-state index contributed by atoms with van der Waals surface area (Å²) < 4.78 is 38.0. The SMILES string of the molecule is CCC1(c2ccccc2)NC(=O)N(Cc2ccc(C(F)(F)F)cc2)C1=O. The van der Waals surface area contributed by atoms with E-state index in [1.807, 2.05) is 6.07 Å². The van der Waals surface area contributed by atoms with E-state index in [0.717, 1.165) is 17.0 Å². The summed E-state index contributed by atoms with van der Waals surface area (Å²) in [4.78, 5) is 26.4. The number of nitrogens with zero attached hydrogens (tertiary/aromatic N) is 1. The van der Waals surface area contributed by atoms with E-state index in [-0.39, 0.29) is 6.54 Å². The number of carbonyl (C=O) groups excluding carboxylic acids is 2. The molecule has 1 fully saturated rings. The van der Waals surface area contributed by atoms with Crippen LogP contribution >= 0.6 is 0 Å². The number of urea groups is 1. The molecule has 0 radical (unpaired) electrons. The Balaban J connectivity index is 1.86. The number of alkyl halides is 3. The third-order valence-electron chi connectivity index (χ3n) is 4.59. The average Bonchev–Trinajstić information content (AvgIpc) is 2.87. The first-order valence-corrected chi connectivity index (χ1v) is 8.13. The van der Waals surface area contributed by atoms with Gasteiger partial charge in [0, 0.05) is 0 Å². The van der Waals surface area contributed by atoms with Crippen molar-refractivity contribution in [2.24, 2.45) is 0 Å². The molecule has 26 heavy (non-hydrogen) atoms. The third kappa shape index (κ3) is 3.05. The van der Waals surface area contributed by atoms with Gasteiger partial charge in [-0.05, 0) is 29.7 Å². The second-order valence-electron chi connectivity index (χ2n) is 6.14. The summed E-state index contributed by atoms with van der Waals surface area (Å²) in [5, 5.41) is 2.75. The Morgan fingerprint density at radius 2 is 1.62 bits per heavy atom. The molecule has 0 aromatic heterocycles. The highest BCUT2D eigenvalue weighted by Gasteiger charge is 2.51. The van der Waals surface area contributed by atoms with Crippen LogP contribution in [0.3, 0.4) is 0 Å². The van der Waals surface area contributed by atoms with Crippen molar-refractivity contribution in [2.75, 3.05) is 0 Å². The summed E-state index contributed by atoms with van der Waals surface area (Å²) in [7, 11) is 0. The van der Waals surface area contributed by atoms with Crippen molar-refractivity contribution in [3.8, 4) is 0 Å². The van der Waals surface area contributed by atoms with E-state index < -0.39 is 29.2 Å². The van der Waals surface area contributed by atoms with Crippen molar-refractivity contribution in [1.29, 1.82) is 0 Å². The van der Waals surface area contributed by atoms with Gasteiger partial charge in [0.15, 0.2) is 0 Å². The maximum atomic E-state index is 13.0. The minimum Gasteiger partial charge on any atom is -0.319 e. The first-order valence-electron chi connectivity index (χ1n) is 8.13. The smallest absolute Gasteiger partial charge is 0.319 e. The number of carbonyl (C=O) groups is 2. The van der Waals surface area contributed by atoms with Crippen LogP contribution in [0.25, 0.3) is 0 Å². The van der Waals surface area contributed by atoms with E-state index in [1.165, 1.54) is 12.1 Å². The van der Waals surface area contributed by atoms with Gasteiger partial charge < -0.3 is 5.32 Å². The minimum atomic E-state index is -4.43. The van der Waals surface area contributed by atoms with Crippen LogP contribution in [0.4, 0.5) is 18.0 Å². The Labute approximate surface area is 148 Å². The molecule has 1 N–H and O–H groups in total. The van der Waals surface area contributed by atoms with Gasteiger partial charge in [-0.3, -0.25) is 9.69 Å². The lowest BCUT2D eigenvalue weighted by Gasteiger charge is -2.25. The molecule has 0 spiro atoms. The monoisotopic (exact) mass is 362 g/mol. The van der Waals surface area contributed by atoms with Gasteiger partial charge in [-0.15, -0.1) is 0 Å². The van der Waals surface area contributed by atoms with Gasteiger partial charge in [-0.1, -0.05) is 49.4 Å². The van der Waals surface area contributed by atoms with E-state index in [1.54, 1.807) is 31.2 Å².